The fraction of sp³-hybridized carbons (Fsp3) is 0.367. The highest BCUT2D eigenvalue weighted by molar-refractivity contribution is 5.95. The zero-order chi connectivity index (χ0) is 23.8. The van der Waals surface area contributed by atoms with Crippen LogP contribution in [0.1, 0.15) is 52.4 Å². The van der Waals surface area contributed by atoms with Crippen LogP contribution in [0.4, 0.5) is 10.1 Å². The van der Waals surface area contributed by atoms with Gasteiger partial charge in [-0.05, 0) is 73.7 Å². The summed E-state index contributed by atoms with van der Waals surface area (Å²) in [6.07, 6.45) is 3.97. The SMILES string of the molecule is O=C(c1ccccc1F)N1CCc2ccccc2C1CCN1CCC2(CC1)CNc1ccccc12. The molecule has 0 aliphatic carbocycles. The predicted molar refractivity (Wildman–Crippen MR) is 137 cm³/mol. The number of nitrogens with zero attached hydrogens (tertiary/aromatic N) is 2. The Hall–Kier alpha value is -3.18. The van der Waals surface area contributed by atoms with Crippen molar-refractivity contribution < 1.29 is 9.18 Å². The van der Waals surface area contributed by atoms with Crippen LogP contribution in [-0.4, -0.2) is 48.4 Å². The van der Waals surface area contributed by atoms with Crippen molar-refractivity contribution in [3.8, 4) is 0 Å². The van der Waals surface area contributed by atoms with Crippen molar-refractivity contribution in [1.29, 1.82) is 0 Å². The molecule has 1 atom stereocenters. The molecule has 4 nitrogen and oxygen atoms in total. The number of para-hydroxylation sites is 1. The van der Waals surface area contributed by atoms with Crippen molar-refractivity contribution in [3.63, 3.8) is 0 Å². The average molecular weight is 470 g/mol. The lowest BCUT2D eigenvalue weighted by molar-refractivity contribution is 0.0620. The van der Waals surface area contributed by atoms with Crippen molar-refractivity contribution in [1.82, 2.24) is 9.80 Å². The maximum absolute atomic E-state index is 14.5. The fourth-order valence-corrected chi connectivity index (χ4v) is 6.41. The normalized spacial score (nSPS) is 20.8. The van der Waals surface area contributed by atoms with Gasteiger partial charge in [-0.15, -0.1) is 0 Å². The van der Waals surface area contributed by atoms with Gasteiger partial charge < -0.3 is 15.1 Å². The molecule has 1 saturated heterocycles. The topological polar surface area (TPSA) is 35.6 Å². The van der Waals surface area contributed by atoms with Crippen LogP contribution in [0.3, 0.4) is 0 Å². The number of nitrogens with one attached hydrogen (secondary N) is 1. The summed E-state index contributed by atoms with van der Waals surface area (Å²) in [4.78, 5) is 17.9. The van der Waals surface area contributed by atoms with E-state index in [4.69, 9.17) is 0 Å². The predicted octanol–water partition coefficient (Wildman–Crippen LogP) is 5.41. The number of fused-ring (bicyclic) bond motifs is 3. The largest absolute Gasteiger partial charge is 0.384 e. The van der Waals surface area contributed by atoms with Gasteiger partial charge in [-0.2, -0.15) is 0 Å². The maximum Gasteiger partial charge on any atom is 0.257 e. The van der Waals surface area contributed by atoms with E-state index < -0.39 is 5.82 Å². The summed E-state index contributed by atoms with van der Waals surface area (Å²) in [5, 5.41) is 3.62. The molecule has 3 aromatic rings. The number of carbonyl (C=O) groups is 1. The van der Waals surface area contributed by atoms with Crippen LogP contribution in [0, 0.1) is 5.82 Å². The third kappa shape index (κ3) is 4.02. The summed E-state index contributed by atoms with van der Waals surface area (Å²) < 4.78 is 14.5. The van der Waals surface area contributed by atoms with Gasteiger partial charge in [0.15, 0.2) is 0 Å². The van der Waals surface area contributed by atoms with Crippen LogP contribution in [0.15, 0.2) is 72.8 Å². The third-order valence-electron chi connectivity index (χ3n) is 8.43. The molecule has 35 heavy (non-hydrogen) atoms. The van der Waals surface area contributed by atoms with E-state index in [0.717, 1.165) is 51.9 Å². The summed E-state index contributed by atoms with van der Waals surface area (Å²) in [6.45, 7) is 4.71. The molecule has 0 aromatic heterocycles. The number of carbonyl (C=O) groups excluding carboxylic acids is 1. The van der Waals surface area contributed by atoms with Gasteiger partial charge in [-0.3, -0.25) is 4.79 Å². The van der Waals surface area contributed by atoms with E-state index in [2.05, 4.69) is 58.7 Å². The molecule has 3 aliphatic rings. The Morgan fingerprint density at radius 1 is 0.943 bits per heavy atom. The van der Waals surface area contributed by atoms with Gasteiger partial charge in [-0.1, -0.05) is 54.6 Å². The number of rotatable bonds is 4. The molecule has 1 spiro atoms. The summed E-state index contributed by atoms with van der Waals surface area (Å²) in [5.74, 6) is -0.643. The molecule has 0 radical (unpaired) electrons. The highest BCUT2D eigenvalue weighted by atomic mass is 19.1. The van der Waals surface area contributed by atoms with Crippen molar-refractivity contribution in [2.45, 2.75) is 37.1 Å². The summed E-state index contributed by atoms with van der Waals surface area (Å²) in [7, 11) is 0. The number of anilines is 1. The smallest absolute Gasteiger partial charge is 0.257 e. The lowest BCUT2D eigenvalue weighted by atomic mass is 9.74. The minimum atomic E-state index is -0.443. The number of hydrogen-bond acceptors (Lipinski definition) is 3. The minimum Gasteiger partial charge on any atom is -0.384 e. The van der Waals surface area contributed by atoms with Crippen molar-refractivity contribution in [2.75, 3.05) is 38.0 Å². The Bertz CT molecular complexity index is 1230. The Morgan fingerprint density at radius 2 is 1.69 bits per heavy atom. The Kier molecular flexibility index (Phi) is 5.81. The number of amides is 1. The first kappa shape index (κ1) is 22.3. The first-order valence-electron chi connectivity index (χ1n) is 12.8. The zero-order valence-corrected chi connectivity index (χ0v) is 20.1. The van der Waals surface area contributed by atoms with Crippen LogP contribution in [0.2, 0.25) is 0 Å². The summed E-state index contributed by atoms with van der Waals surface area (Å²) >= 11 is 0. The standard InChI is InChI=1S/C30H32FN3O/c31-26-11-5-3-9-24(26)29(35)34-18-13-22-7-1-2-8-23(22)28(34)14-17-33-19-15-30(16-20-33)21-32-27-12-6-4-10-25(27)30/h1-12,28,32H,13-21H2. The molecule has 1 amide bonds. The van der Waals surface area contributed by atoms with Gasteiger partial charge in [0, 0.05) is 30.7 Å². The Balaban J connectivity index is 1.18. The van der Waals surface area contributed by atoms with E-state index in [1.807, 2.05) is 4.90 Å². The van der Waals surface area contributed by atoms with E-state index in [-0.39, 0.29) is 22.9 Å². The second-order valence-corrected chi connectivity index (χ2v) is 10.3. The molecular weight excluding hydrogens is 437 g/mol. The van der Waals surface area contributed by atoms with Gasteiger partial charge >= 0.3 is 0 Å². The van der Waals surface area contributed by atoms with Crippen LogP contribution in [0.5, 0.6) is 0 Å². The van der Waals surface area contributed by atoms with E-state index in [1.54, 1.807) is 18.2 Å². The van der Waals surface area contributed by atoms with Crippen LogP contribution >= 0.6 is 0 Å². The quantitative estimate of drug-likeness (QED) is 0.555. The molecule has 1 fully saturated rings. The number of piperidine rings is 1. The number of benzene rings is 3. The second-order valence-electron chi connectivity index (χ2n) is 10.3. The van der Waals surface area contributed by atoms with Gasteiger partial charge in [0.05, 0.1) is 11.6 Å². The second kappa shape index (κ2) is 9.12. The average Bonchev–Trinajstić information content (AvgIpc) is 3.26. The van der Waals surface area contributed by atoms with E-state index in [0.29, 0.717) is 6.54 Å². The summed E-state index contributed by atoms with van der Waals surface area (Å²) in [5.41, 5.74) is 5.71. The van der Waals surface area contributed by atoms with Crippen molar-refractivity contribution in [3.05, 3.63) is 101 Å². The highest BCUT2D eigenvalue weighted by Gasteiger charge is 2.41. The van der Waals surface area contributed by atoms with Crippen molar-refractivity contribution in [2.24, 2.45) is 0 Å². The number of hydrogen-bond donors (Lipinski definition) is 1. The molecule has 3 aromatic carbocycles. The monoisotopic (exact) mass is 469 g/mol. The van der Waals surface area contributed by atoms with Crippen LogP contribution in [0.25, 0.3) is 0 Å². The summed E-state index contributed by atoms with van der Waals surface area (Å²) in [6, 6.07) is 23.5. The highest BCUT2D eigenvalue weighted by Crippen LogP contribution is 2.44. The molecule has 0 bridgehead atoms. The van der Waals surface area contributed by atoms with Crippen LogP contribution < -0.4 is 5.32 Å². The van der Waals surface area contributed by atoms with E-state index in [1.165, 1.54) is 28.4 Å². The van der Waals surface area contributed by atoms with E-state index in [9.17, 15) is 9.18 Å². The zero-order valence-electron chi connectivity index (χ0n) is 20.1. The third-order valence-corrected chi connectivity index (χ3v) is 8.43. The first-order chi connectivity index (χ1) is 17.1. The van der Waals surface area contributed by atoms with E-state index >= 15 is 0 Å². The number of likely N-dealkylation sites (tertiary alicyclic amines) is 1. The molecule has 5 heteroatoms. The van der Waals surface area contributed by atoms with Gasteiger partial charge in [0.1, 0.15) is 5.82 Å². The Labute approximate surface area is 206 Å². The molecule has 3 aliphatic heterocycles. The molecule has 3 heterocycles. The molecule has 1 N–H and O–H groups in total. The van der Waals surface area contributed by atoms with Gasteiger partial charge in [-0.25, -0.2) is 4.39 Å². The minimum absolute atomic E-state index is 0.0307. The molecule has 6 rings (SSSR count). The lowest BCUT2D eigenvalue weighted by Gasteiger charge is -2.42. The van der Waals surface area contributed by atoms with Gasteiger partial charge in [0.25, 0.3) is 5.91 Å². The molecular formula is C30H32FN3O. The molecule has 1 unspecified atom stereocenters. The Morgan fingerprint density at radius 3 is 2.54 bits per heavy atom. The number of halogens is 1. The first-order valence-corrected chi connectivity index (χ1v) is 12.8. The van der Waals surface area contributed by atoms with Crippen molar-refractivity contribution >= 4 is 11.6 Å². The molecule has 180 valence electrons. The molecule has 0 saturated carbocycles. The fourth-order valence-electron chi connectivity index (χ4n) is 6.41. The van der Waals surface area contributed by atoms with Gasteiger partial charge in [0.2, 0.25) is 0 Å². The lowest BCUT2D eigenvalue weighted by Crippen LogP contribution is -2.46. The maximum atomic E-state index is 14.5. The van der Waals surface area contributed by atoms with Crippen LogP contribution in [-0.2, 0) is 11.8 Å².